The molecule has 0 aromatic carbocycles. The molecule has 2 atom stereocenters. The molecule has 5 nitrogen and oxygen atoms in total. The van der Waals surface area contributed by atoms with Crippen LogP contribution in [0.1, 0.15) is 32.6 Å². The number of hydrogen-bond acceptors (Lipinski definition) is 4. The Bertz CT molecular complexity index is 283. The first-order chi connectivity index (χ1) is 9.20. The molecule has 0 spiro atoms. The molecule has 2 saturated heterocycles. The van der Waals surface area contributed by atoms with E-state index >= 15 is 0 Å². The summed E-state index contributed by atoms with van der Waals surface area (Å²) in [6.45, 7) is 5.90. The number of ether oxygens (including phenoxy) is 2. The van der Waals surface area contributed by atoms with E-state index in [1.54, 1.807) is 0 Å². The molecule has 5 heteroatoms. The molecule has 2 heterocycles. The van der Waals surface area contributed by atoms with Gasteiger partial charge in [0.2, 0.25) is 0 Å². The largest absolute Gasteiger partial charge is 0.480 e. The van der Waals surface area contributed by atoms with Crippen LogP contribution in [0.3, 0.4) is 0 Å². The van der Waals surface area contributed by atoms with Crippen LogP contribution in [0.4, 0.5) is 0 Å². The number of hydrogen-bond donors (Lipinski definition) is 1. The van der Waals surface area contributed by atoms with Crippen molar-refractivity contribution in [3.8, 4) is 0 Å². The van der Waals surface area contributed by atoms with Gasteiger partial charge in [-0.2, -0.15) is 0 Å². The van der Waals surface area contributed by atoms with Crippen LogP contribution in [0.2, 0.25) is 0 Å². The Kier molecular flexibility index (Phi) is 5.60. The predicted molar refractivity (Wildman–Crippen MR) is 71.2 cm³/mol. The summed E-state index contributed by atoms with van der Waals surface area (Å²) in [5.41, 5.74) is 0. The maximum atomic E-state index is 10.5. The van der Waals surface area contributed by atoms with Crippen LogP contribution in [0, 0.1) is 5.92 Å². The van der Waals surface area contributed by atoms with Crippen LogP contribution < -0.4 is 0 Å². The average molecular weight is 271 g/mol. The number of carboxylic acid groups (broad SMARTS) is 1. The fraction of sp³-hybridized carbons (Fsp3) is 0.929. The van der Waals surface area contributed by atoms with Gasteiger partial charge < -0.3 is 14.6 Å². The third-order valence-corrected chi connectivity index (χ3v) is 4.32. The zero-order valence-corrected chi connectivity index (χ0v) is 11.7. The van der Waals surface area contributed by atoms with E-state index in [1.165, 1.54) is 6.42 Å². The van der Waals surface area contributed by atoms with E-state index in [9.17, 15) is 4.79 Å². The van der Waals surface area contributed by atoms with E-state index in [4.69, 9.17) is 14.6 Å². The molecule has 2 aliphatic rings. The van der Waals surface area contributed by atoms with Gasteiger partial charge in [0.25, 0.3) is 0 Å². The summed E-state index contributed by atoms with van der Waals surface area (Å²) in [6, 6.07) is 0.614. The SMILES string of the molecule is CCC(C1CCOC1)N1CCC(OCC(=O)O)CC1. The number of rotatable bonds is 6. The lowest BCUT2D eigenvalue weighted by molar-refractivity contribution is -0.145. The molecule has 2 unspecified atom stereocenters. The van der Waals surface area contributed by atoms with E-state index in [0.29, 0.717) is 12.0 Å². The molecule has 2 aliphatic heterocycles. The summed E-state index contributed by atoms with van der Waals surface area (Å²) in [7, 11) is 0. The fourth-order valence-electron chi connectivity index (χ4n) is 3.31. The van der Waals surface area contributed by atoms with Crippen LogP contribution in [-0.2, 0) is 14.3 Å². The molecule has 0 bridgehead atoms. The summed E-state index contributed by atoms with van der Waals surface area (Å²) in [6.07, 6.45) is 4.34. The molecule has 19 heavy (non-hydrogen) atoms. The number of carbonyl (C=O) groups is 1. The zero-order valence-electron chi connectivity index (χ0n) is 11.7. The third kappa shape index (κ3) is 4.16. The quantitative estimate of drug-likeness (QED) is 0.790. The van der Waals surface area contributed by atoms with Crippen molar-refractivity contribution in [1.82, 2.24) is 4.90 Å². The number of aliphatic carboxylic acids is 1. The molecule has 1 N–H and O–H groups in total. The Morgan fingerprint density at radius 1 is 1.42 bits per heavy atom. The molecule has 0 aromatic rings. The second-order valence-corrected chi connectivity index (χ2v) is 5.54. The van der Waals surface area contributed by atoms with Crippen molar-refractivity contribution >= 4 is 5.97 Å². The van der Waals surface area contributed by atoms with Crippen molar-refractivity contribution in [2.45, 2.75) is 44.8 Å². The van der Waals surface area contributed by atoms with Crippen molar-refractivity contribution < 1.29 is 19.4 Å². The Morgan fingerprint density at radius 3 is 2.68 bits per heavy atom. The lowest BCUT2D eigenvalue weighted by Gasteiger charge is -2.39. The first kappa shape index (κ1) is 14.8. The van der Waals surface area contributed by atoms with Crippen LogP contribution in [0.15, 0.2) is 0 Å². The molecule has 0 aromatic heterocycles. The van der Waals surface area contributed by atoms with Gasteiger partial charge in [0.05, 0.1) is 12.7 Å². The van der Waals surface area contributed by atoms with Crippen molar-refractivity contribution in [3.63, 3.8) is 0 Å². The molecule has 0 radical (unpaired) electrons. The van der Waals surface area contributed by atoms with E-state index in [2.05, 4.69) is 11.8 Å². The van der Waals surface area contributed by atoms with Crippen molar-refractivity contribution in [1.29, 1.82) is 0 Å². The zero-order chi connectivity index (χ0) is 13.7. The van der Waals surface area contributed by atoms with E-state index < -0.39 is 5.97 Å². The topological polar surface area (TPSA) is 59.0 Å². The molecule has 110 valence electrons. The Morgan fingerprint density at radius 2 is 2.16 bits per heavy atom. The van der Waals surface area contributed by atoms with Crippen molar-refractivity contribution in [3.05, 3.63) is 0 Å². The Balaban J connectivity index is 1.76. The smallest absolute Gasteiger partial charge is 0.329 e. The maximum Gasteiger partial charge on any atom is 0.329 e. The van der Waals surface area contributed by atoms with Crippen LogP contribution >= 0.6 is 0 Å². The monoisotopic (exact) mass is 271 g/mol. The predicted octanol–water partition coefficient (Wildman–Crippen LogP) is 1.37. The van der Waals surface area contributed by atoms with Gasteiger partial charge in [-0.1, -0.05) is 6.92 Å². The van der Waals surface area contributed by atoms with Crippen LogP contribution in [-0.4, -0.2) is 61.0 Å². The third-order valence-electron chi connectivity index (χ3n) is 4.32. The van der Waals surface area contributed by atoms with Gasteiger partial charge in [-0.15, -0.1) is 0 Å². The summed E-state index contributed by atoms with van der Waals surface area (Å²) < 4.78 is 10.9. The normalized spacial score (nSPS) is 27.5. The maximum absolute atomic E-state index is 10.5. The van der Waals surface area contributed by atoms with Gasteiger partial charge in [0.15, 0.2) is 0 Å². The lowest BCUT2D eigenvalue weighted by Crippen LogP contribution is -2.46. The second kappa shape index (κ2) is 7.22. The van der Waals surface area contributed by atoms with Gasteiger partial charge in [0, 0.05) is 25.7 Å². The number of likely N-dealkylation sites (tertiary alicyclic amines) is 1. The highest BCUT2D eigenvalue weighted by atomic mass is 16.5. The molecule has 2 rings (SSSR count). The molecule has 0 aliphatic carbocycles. The van der Waals surface area contributed by atoms with Gasteiger partial charge in [-0.3, -0.25) is 4.90 Å². The Labute approximate surface area is 114 Å². The number of nitrogens with zero attached hydrogens (tertiary/aromatic N) is 1. The van der Waals surface area contributed by atoms with Crippen molar-refractivity contribution in [2.75, 3.05) is 32.9 Å². The minimum absolute atomic E-state index is 0.115. The van der Waals surface area contributed by atoms with Crippen LogP contribution in [0.25, 0.3) is 0 Å². The van der Waals surface area contributed by atoms with E-state index in [0.717, 1.165) is 45.6 Å². The molecule has 2 fully saturated rings. The standard InChI is InChI=1S/C14H25NO4/c1-2-13(11-5-8-18-9-11)15-6-3-12(4-7-15)19-10-14(16)17/h11-13H,2-10H2,1H3,(H,16,17). The highest BCUT2D eigenvalue weighted by molar-refractivity contribution is 5.68. The first-order valence-corrected chi connectivity index (χ1v) is 7.36. The van der Waals surface area contributed by atoms with E-state index in [-0.39, 0.29) is 12.7 Å². The van der Waals surface area contributed by atoms with Crippen molar-refractivity contribution in [2.24, 2.45) is 5.92 Å². The molecule has 0 saturated carbocycles. The van der Waals surface area contributed by atoms with Gasteiger partial charge in [0.1, 0.15) is 6.61 Å². The van der Waals surface area contributed by atoms with E-state index in [1.807, 2.05) is 0 Å². The Hall–Kier alpha value is -0.650. The first-order valence-electron chi connectivity index (χ1n) is 7.36. The van der Waals surface area contributed by atoms with Crippen LogP contribution in [0.5, 0.6) is 0 Å². The highest BCUT2D eigenvalue weighted by Gasteiger charge is 2.31. The summed E-state index contributed by atoms with van der Waals surface area (Å²) >= 11 is 0. The minimum atomic E-state index is -0.878. The van der Waals surface area contributed by atoms with Gasteiger partial charge >= 0.3 is 5.97 Å². The highest BCUT2D eigenvalue weighted by Crippen LogP contribution is 2.26. The summed E-state index contributed by atoms with van der Waals surface area (Å²) in [5, 5.41) is 8.62. The molecular formula is C14H25NO4. The van der Waals surface area contributed by atoms with Gasteiger partial charge in [-0.05, 0) is 31.6 Å². The van der Waals surface area contributed by atoms with Gasteiger partial charge in [-0.25, -0.2) is 4.79 Å². The fourth-order valence-corrected chi connectivity index (χ4v) is 3.31. The molecule has 0 amide bonds. The summed E-state index contributed by atoms with van der Waals surface area (Å²) in [4.78, 5) is 13.0. The number of carboxylic acids is 1. The lowest BCUT2D eigenvalue weighted by atomic mass is 9.93. The average Bonchev–Trinajstić information content (AvgIpc) is 2.92. The number of piperidine rings is 1. The molecular weight excluding hydrogens is 246 g/mol. The second-order valence-electron chi connectivity index (χ2n) is 5.54. The summed E-state index contributed by atoms with van der Waals surface area (Å²) in [5.74, 6) is -0.210. The minimum Gasteiger partial charge on any atom is -0.480 e.